The summed E-state index contributed by atoms with van der Waals surface area (Å²) in [4.78, 5) is 24.5. The molecule has 0 bridgehead atoms. The van der Waals surface area contributed by atoms with Crippen molar-refractivity contribution in [2.24, 2.45) is 5.14 Å². The molecule has 2 aliphatic rings. The first-order valence-electron chi connectivity index (χ1n) is 13.9. The zero-order valence-corrected chi connectivity index (χ0v) is 24.6. The zero-order valence-electron chi connectivity index (χ0n) is 23.8. The molecule has 13 nitrogen and oxygen atoms in total. The van der Waals surface area contributed by atoms with Crippen molar-refractivity contribution in [2.75, 3.05) is 37.6 Å². The lowest BCUT2D eigenvalue weighted by molar-refractivity contribution is -0.192. The van der Waals surface area contributed by atoms with E-state index in [0.717, 1.165) is 48.6 Å². The number of nitrogens with two attached hydrogens (primary N) is 1. The number of carboxylic acids is 1. The van der Waals surface area contributed by atoms with Crippen LogP contribution in [0.3, 0.4) is 0 Å². The fraction of sp³-hybridized carbons (Fsp3) is 0.321. The van der Waals surface area contributed by atoms with E-state index in [0.29, 0.717) is 31.0 Å². The summed E-state index contributed by atoms with van der Waals surface area (Å²) in [7, 11) is -4.04. The Hall–Kier alpha value is -4.45. The summed E-state index contributed by atoms with van der Waals surface area (Å²) in [5.41, 5.74) is 2.90. The molecular weight excluding hydrogens is 615 g/mol. The predicted octanol–water partition coefficient (Wildman–Crippen LogP) is 2.31. The number of halogens is 3. The van der Waals surface area contributed by atoms with Gasteiger partial charge in [-0.05, 0) is 30.5 Å². The highest BCUT2D eigenvalue weighted by molar-refractivity contribution is 7.86. The number of benzene rings is 1. The quantitative estimate of drug-likeness (QED) is 0.283. The largest absolute Gasteiger partial charge is 0.490 e. The van der Waals surface area contributed by atoms with E-state index in [1.54, 1.807) is 29.5 Å². The molecule has 2 fully saturated rings. The summed E-state index contributed by atoms with van der Waals surface area (Å²) in [6.07, 6.45) is 4.96. The number of aromatic nitrogens is 5. The van der Waals surface area contributed by atoms with Gasteiger partial charge in [0.1, 0.15) is 0 Å². The Morgan fingerprint density at radius 2 is 1.62 bits per heavy atom. The number of piperazine rings is 1. The molecular formula is C28H30F3N9O4S. The van der Waals surface area contributed by atoms with Gasteiger partial charge in [0.15, 0.2) is 0 Å². The fourth-order valence-corrected chi connectivity index (χ4v) is 6.70. The van der Waals surface area contributed by atoms with Crippen LogP contribution >= 0.6 is 0 Å². The minimum Gasteiger partial charge on any atom is -0.475 e. The second kappa shape index (κ2) is 12.9. The molecule has 4 aromatic rings. The molecule has 0 aliphatic carbocycles. The van der Waals surface area contributed by atoms with Crippen LogP contribution in [0.2, 0.25) is 0 Å². The van der Waals surface area contributed by atoms with Gasteiger partial charge in [0.05, 0.1) is 29.3 Å². The van der Waals surface area contributed by atoms with Crippen LogP contribution in [-0.2, 0) is 20.5 Å². The topological polar surface area (TPSA) is 172 Å². The van der Waals surface area contributed by atoms with Gasteiger partial charge in [-0.1, -0.05) is 30.3 Å². The number of pyridine rings is 1. The van der Waals surface area contributed by atoms with Crippen molar-refractivity contribution in [3.63, 3.8) is 0 Å². The van der Waals surface area contributed by atoms with E-state index in [1.165, 1.54) is 4.31 Å². The van der Waals surface area contributed by atoms with Crippen LogP contribution in [0.5, 0.6) is 0 Å². The summed E-state index contributed by atoms with van der Waals surface area (Å²) in [6.45, 7) is 3.93. The average molecular weight is 646 g/mol. The molecule has 0 saturated carbocycles. The summed E-state index contributed by atoms with van der Waals surface area (Å²) >= 11 is 0. The standard InChI is InChI=1S/C26H29N9O2S.C2HF3O2/c27-38(36,37)35-14-4-9-26(35,21-5-2-1-3-6-21)23-19-34(32-24(23)20-7-10-28-11-8-20)25-30-17-22(18-31-25)33-15-12-29-13-16-33;3-2(4,5)1(6)7/h1-3,5-8,10-11,17-19,29H,4,9,12-16H2,(H2,27,36,37);(H,6,7). The number of rotatable bonds is 6. The van der Waals surface area contributed by atoms with Crippen molar-refractivity contribution < 1.29 is 31.5 Å². The second-order valence-corrected chi connectivity index (χ2v) is 11.8. The summed E-state index contributed by atoms with van der Waals surface area (Å²) in [5, 5.41) is 21.2. The highest BCUT2D eigenvalue weighted by Gasteiger charge is 2.51. The normalized spacial score (nSPS) is 19.2. The van der Waals surface area contributed by atoms with Crippen molar-refractivity contribution in [3.8, 4) is 17.2 Å². The third-order valence-corrected chi connectivity index (χ3v) is 8.66. The molecule has 2 saturated heterocycles. The zero-order chi connectivity index (χ0) is 32.2. The summed E-state index contributed by atoms with van der Waals surface area (Å²) in [5.74, 6) is -2.36. The molecule has 45 heavy (non-hydrogen) atoms. The monoisotopic (exact) mass is 645 g/mol. The molecule has 238 valence electrons. The maximum Gasteiger partial charge on any atom is 0.490 e. The summed E-state index contributed by atoms with van der Waals surface area (Å²) in [6, 6.07) is 13.3. The van der Waals surface area contributed by atoms with Crippen molar-refractivity contribution in [3.05, 3.63) is 84.6 Å². The number of alkyl halides is 3. The van der Waals surface area contributed by atoms with E-state index in [4.69, 9.17) is 20.1 Å². The Kier molecular flexibility index (Phi) is 9.15. The van der Waals surface area contributed by atoms with Crippen molar-refractivity contribution in [2.45, 2.75) is 24.6 Å². The molecule has 1 aromatic carbocycles. The van der Waals surface area contributed by atoms with Gasteiger partial charge in [0, 0.05) is 62.4 Å². The maximum absolute atomic E-state index is 12.9. The predicted molar refractivity (Wildman–Crippen MR) is 157 cm³/mol. The van der Waals surface area contributed by atoms with E-state index in [2.05, 4.69) is 25.2 Å². The maximum atomic E-state index is 12.9. The van der Waals surface area contributed by atoms with Gasteiger partial charge in [-0.3, -0.25) is 4.98 Å². The van der Waals surface area contributed by atoms with Crippen LogP contribution in [0.4, 0.5) is 18.9 Å². The van der Waals surface area contributed by atoms with Crippen LogP contribution in [0.25, 0.3) is 17.2 Å². The van der Waals surface area contributed by atoms with Crippen molar-refractivity contribution in [1.29, 1.82) is 0 Å². The lowest BCUT2D eigenvalue weighted by atomic mass is 9.81. The van der Waals surface area contributed by atoms with Crippen LogP contribution in [0.1, 0.15) is 24.0 Å². The second-order valence-electron chi connectivity index (χ2n) is 10.3. The Labute approximate surface area is 256 Å². The molecule has 1 unspecified atom stereocenters. The number of nitrogens with one attached hydrogen (secondary N) is 1. The number of anilines is 1. The Bertz CT molecular complexity index is 1720. The highest BCUT2D eigenvalue weighted by Crippen LogP contribution is 2.48. The number of aliphatic carboxylic acids is 1. The molecule has 5 heterocycles. The van der Waals surface area contributed by atoms with E-state index in [9.17, 15) is 21.6 Å². The molecule has 6 rings (SSSR count). The van der Waals surface area contributed by atoms with Crippen molar-refractivity contribution >= 4 is 21.9 Å². The first kappa shape index (κ1) is 32.0. The van der Waals surface area contributed by atoms with Crippen LogP contribution in [-0.4, -0.2) is 87.4 Å². The molecule has 17 heteroatoms. The van der Waals surface area contributed by atoms with Gasteiger partial charge in [0.2, 0.25) is 0 Å². The molecule has 0 spiro atoms. The molecule has 0 radical (unpaired) electrons. The van der Waals surface area contributed by atoms with E-state index < -0.39 is 27.9 Å². The van der Waals surface area contributed by atoms with Crippen molar-refractivity contribution in [1.82, 2.24) is 34.4 Å². The van der Waals surface area contributed by atoms with Crippen LogP contribution in [0.15, 0.2) is 73.4 Å². The lowest BCUT2D eigenvalue weighted by Crippen LogP contribution is -2.48. The number of carboxylic acid groups (broad SMARTS) is 1. The van der Waals surface area contributed by atoms with Gasteiger partial charge < -0.3 is 15.3 Å². The minimum absolute atomic E-state index is 0.310. The first-order chi connectivity index (χ1) is 21.4. The summed E-state index contributed by atoms with van der Waals surface area (Å²) < 4.78 is 60.6. The Balaban J connectivity index is 0.000000515. The third-order valence-electron chi connectivity index (χ3n) is 7.55. The van der Waals surface area contributed by atoms with E-state index in [-0.39, 0.29) is 0 Å². The molecule has 3 aromatic heterocycles. The SMILES string of the molecule is NS(=O)(=O)N1CCCC1(c1ccccc1)c1cn(-c2ncc(N3CCNCC3)cn2)nc1-c1ccncc1.O=C(O)C(F)(F)F. The van der Waals surface area contributed by atoms with Gasteiger partial charge in [-0.2, -0.15) is 31.0 Å². The number of hydrogen-bond acceptors (Lipinski definition) is 9. The highest BCUT2D eigenvalue weighted by atomic mass is 32.2. The molecule has 0 amide bonds. The first-order valence-corrected chi connectivity index (χ1v) is 15.4. The molecule has 2 aliphatic heterocycles. The average Bonchev–Trinajstić information content (AvgIpc) is 3.69. The van der Waals surface area contributed by atoms with Gasteiger partial charge in [0.25, 0.3) is 16.2 Å². The molecule has 1 atom stereocenters. The van der Waals surface area contributed by atoms with Crippen LogP contribution < -0.4 is 15.4 Å². The van der Waals surface area contributed by atoms with E-state index >= 15 is 0 Å². The van der Waals surface area contributed by atoms with E-state index in [1.807, 2.05) is 48.7 Å². The van der Waals surface area contributed by atoms with Gasteiger partial charge in [-0.25, -0.2) is 24.6 Å². The third kappa shape index (κ3) is 6.80. The number of hydrogen-bond donors (Lipinski definition) is 3. The lowest BCUT2D eigenvalue weighted by Gasteiger charge is -2.37. The number of carbonyl (C=O) groups is 1. The Morgan fingerprint density at radius 1 is 1.00 bits per heavy atom. The number of nitrogens with zero attached hydrogens (tertiary/aromatic N) is 7. The minimum atomic E-state index is -5.08. The van der Waals surface area contributed by atoms with Crippen LogP contribution in [0, 0.1) is 0 Å². The smallest absolute Gasteiger partial charge is 0.475 e. The Morgan fingerprint density at radius 3 is 2.20 bits per heavy atom. The van der Waals surface area contributed by atoms with Gasteiger partial charge >= 0.3 is 12.1 Å². The van der Waals surface area contributed by atoms with Gasteiger partial charge in [-0.15, -0.1) is 0 Å². The molecule has 4 N–H and O–H groups in total. The fourth-order valence-electron chi connectivity index (χ4n) is 5.59.